The molecule has 0 aliphatic heterocycles. The van der Waals surface area contributed by atoms with Gasteiger partial charge in [0.25, 0.3) is 0 Å². The molecule has 0 amide bonds. The van der Waals surface area contributed by atoms with Gasteiger partial charge in [-0.15, -0.1) is 0 Å². The Morgan fingerprint density at radius 1 is 0.952 bits per heavy atom. The molecule has 0 bridgehead atoms. The maximum Gasteiger partial charge on any atom is 0.119 e. The highest BCUT2D eigenvalue weighted by molar-refractivity contribution is 6.33. The Morgan fingerprint density at radius 2 is 1.67 bits per heavy atom. The van der Waals surface area contributed by atoms with E-state index in [4.69, 9.17) is 16.3 Å². The number of benzene rings is 2. The molecule has 21 heavy (non-hydrogen) atoms. The van der Waals surface area contributed by atoms with E-state index < -0.39 is 0 Å². The molecule has 0 unspecified atom stereocenters. The van der Waals surface area contributed by atoms with Crippen molar-refractivity contribution in [1.29, 1.82) is 0 Å². The standard InChI is InChI=1S/C17H21ClN2O/c1-2-13-21-15-9-7-14(8-10-15)19-11-12-20-17-6-4-3-5-16(17)18/h3-10,19-20H,2,11-13H2,1H3. The minimum absolute atomic E-state index is 0.745. The van der Waals surface area contributed by atoms with Crippen molar-refractivity contribution in [3.8, 4) is 5.75 Å². The number of rotatable bonds is 8. The minimum atomic E-state index is 0.745. The van der Waals surface area contributed by atoms with Gasteiger partial charge in [0, 0.05) is 18.8 Å². The van der Waals surface area contributed by atoms with E-state index in [0.29, 0.717) is 0 Å². The van der Waals surface area contributed by atoms with Crippen LogP contribution in [0.4, 0.5) is 11.4 Å². The summed E-state index contributed by atoms with van der Waals surface area (Å²) in [6.07, 6.45) is 1.02. The highest BCUT2D eigenvalue weighted by atomic mass is 35.5. The second-order valence-electron chi connectivity index (χ2n) is 4.71. The first-order chi connectivity index (χ1) is 10.3. The predicted octanol–water partition coefficient (Wildman–Crippen LogP) is 4.65. The van der Waals surface area contributed by atoms with Gasteiger partial charge >= 0.3 is 0 Å². The summed E-state index contributed by atoms with van der Waals surface area (Å²) >= 11 is 6.08. The van der Waals surface area contributed by atoms with Crippen LogP contribution in [0, 0.1) is 0 Å². The molecule has 0 radical (unpaired) electrons. The summed E-state index contributed by atoms with van der Waals surface area (Å²) in [5, 5.41) is 7.41. The van der Waals surface area contributed by atoms with Crippen LogP contribution in [-0.2, 0) is 0 Å². The zero-order valence-electron chi connectivity index (χ0n) is 12.2. The van der Waals surface area contributed by atoms with Gasteiger partial charge in [-0.05, 0) is 42.8 Å². The molecule has 0 heterocycles. The fourth-order valence-corrected chi connectivity index (χ4v) is 2.10. The van der Waals surface area contributed by atoms with Crippen molar-refractivity contribution in [2.45, 2.75) is 13.3 Å². The molecule has 112 valence electrons. The average Bonchev–Trinajstić information content (AvgIpc) is 2.52. The molecule has 2 N–H and O–H groups in total. The van der Waals surface area contributed by atoms with Crippen molar-refractivity contribution >= 4 is 23.0 Å². The lowest BCUT2D eigenvalue weighted by molar-refractivity contribution is 0.317. The zero-order chi connectivity index (χ0) is 14.9. The maximum atomic E-state index is 6.08. The number of halogens is 1. The lowest BCUT2D eigenvalue weighted by atomic mass is 10.3. The Balaban J connectivity index is 1.72. The smallest absolute Gasteiger partial charge is 0.119 e. The minimum Gasteiger partial charge on any atom is -0.494 e. The third-order valence-electron chi connectivity index (χ3n) is 2.97. The number of nitrogens with one attached hydrogen (secondary N) is 2. The van der Waals surface area contributed by atoms with Crippen LogP contribution in [0.2, 0.25) is 5.02 Å². The van der Waals surface area contributed by atoms with Crippen LogP contribution in [-0.4, -0.2) is 19.7 Å². The van der Waals surface area contributed by atoms with Crippen molar-refractivity contribution in [2.24, 2.45) is 0 Å². The highest BCUT2D eigenvalue weighted by Crippen LogP contribution is 2.20. The number of anilines is 2. The van der Waals surface area contributed by atoms with Crippen LogP contribution in [0.5, 0.6) is 5.75 Å². The summed E-state index contributed by atoms with van der Waals surface area (Å²) in [6, 6.07) is 15.8. The van der Waals surface area contributed by atoms with Crippen LogP contribution < -0.4 is 15.4 Å². The molecule has 4 heteroatoms. The zero-order valence-corrected chi connectivity index (χ0v) is 13.0. The van der Waals surface area contributed by atoms with Gasteiger partial charge in [-0.1, -0.05) is 30.7 Å². The normalized spacial score (nSPS) is 10.2. The van der Waals surface area contributed by atoms with Gasteiger partial charge in [-0.25, -0.2) is 0 Å². The van der Waals surface area contributed by atoms with Gasteiger partial charge in [0.2, 0.25) is 0 Å². The Bertz CT molecular complexity index is 543. The van der Waals surface area contributed by atoms with E-state index in [9.17, 15) is 0 Å². The average molecular weight is 305 g/mol. The van der Waals surface area contributed by atoms with E-state index in [1.165, 1.54) is 0 Å². The van der Waals surface area contributed by atoms with E-state index >= 15 is 0 Å². The lowest BCUT2D eigenvalue weighted by Crippen LogP contribution is -2.13. The van der Waals surface area contributed by atoms with Gasteiger partial charge < -0.3 is 15.4 Å². The van der Waals surface area contributed by atoms with Crippen LogP contribution >= 0.6 is 11.6 Å². The summed E-state index contributed by atoms with van der Waals surface area (Å²) < 4.78 is 5.55. The molecule has 2 rings (SSSR count). The third-order valence-corrected chi connectivity index (χ3v) is 3.30. The van der Waals surface area contributed by atoms with E-state index in [0.717, 1.165) is 48.3 Å². The van der Waals surface area contributed by atoms with Crippen LogP contribution in [0.25, 0.3) is 0 Å². The number of hydrogen-bond acceptors (Lipinski definition) is 3. The topological polar surface area (TPSA) is 33.3 Å². The second kappa shape index (κ2) is 8.42. The largest absolute Gasteiger partial charge is 0.494 e. The monoisotopic (exact) mass is 304 g/mol. The van der Waals surface area contributed by atoms with Crippen molar-refractivity contribution in [3.05, 3.63) is 53.6 Å². The van der Waals surface area contributed by atoms with Crippen molar-refractivity contribution in [3.63, 3.8) is 0 Å². The van der Waals surface area contributed by atoms with Gasteiger partial charge in [-0.3, -0.25) is 0 Å². The quantitative estimate of drug-likeness (QED) is 0.696. The molecule has 0 aliphatic rings. The molecule has 3 nitrogen and oxygen atoms in total. The molecule has 0 saturated carbocycles. The van der Waals surface area contributed by atoms with E-state index in [1.807, 2.05) is 48.5 Å². The molecule has 0 spiro atoms. The first-order valence-corrected chi connectivity index (χ1v) is 7.62. The molecular formula is C17H21ClN2O. The third kappa shape index (κ3) is 5.20. The van der Waals surface area contributed by atoms with Gasteiger partial charge in [0.05, 0.1) is 17.3 Å². The number of para-hydroxylation sites is 1. The Labute approximate surface area is 131 Å². The van der Waals surface area contributed by atoms with E-state index in [-0.39, 0.29) is 0 Å². The SMILES string of the molecule is CCCOc1ccc(NCCNc2ccccc2Cl)cc1. The summed E-state index contributed by atoms with van der Waals surface area (Å²) in [6.45, 7) is 4.48. The lowest BCUT2D eigenvalue weighted by Gasteiger charge is -2.10. The highest BCUT2D eigenvalue weighted by Gasteiger charge is 1.98. The summed E-state index contributed by atoms with van der Waals surface area (Å²) in [7, 11) is 0. The first-order valence-electron chi connectivity index (χ1n) is 7.24. The van der Waals surface area contributed by atoms with Gasteiger partial charge in [0.15, 0.2) is 0 Å². The summed E-state index contributed by atoms with van der Waals surface area (Å²) in [5.41, 5.74) is 2.05. The van der Waals surface area contributed by atoms with E-state index in [2.05, 4.69) is 17.6 Å². The van der Waals surface area contributed by atoms with Crippen molar-refractivity contribution in [2.75, 3.05) is 30.3 Å². The molecule has 0 saturated heterocycles. The predicted molar refractivity (Wildman–Crippen MR) is 90.7 cm³/mol. The van der Waals surface area contributed by atoms with Crippen molar-refractivity contribution < 1.29 is 4.74 Å². The Morgan fingerprint density at radius 3 is 2.38 bits per heavy atom. The van der Waals surface area contributed by atoms with Gasteiger partial charge in [0.1, 0.15) is 5.75 Å². The Hall–Kier alpha value is -1.87. The Kier molecular flexibility index (Phi) is 6.22. The molecule has 0 fully saturated rings. The first kappa shape index (κ1) is 15.5. The summed E-state index contributed by atoms with van der Waals surface area (Å²) in [4.78, 5) is 0. The van der Waals surface area contributed by atoms with Crippen molar-refractivity contribution in [1.82, 2.24) is 0 Å². The van der Waals surface area contributed by atoms with Crippen LogP contribution in [0.3, 0.4) is 0 Å². The molecule has 0 atom stereocenters. The molecule has 0 aliphatic carbocycles. The fourth-order valence-electron chi connectivity index (χ4n) is 1.90. The fraction of sp³-hybridized carbons (Fsp3) is 0.294. The van der Waals surface area contributed by atoms with Crippen LogP contribution in [0.1, 0.15) is 13.3 Å². The maximum absolute atomic E-state index is 6.08. The second-order valence-corrected chi connectivity index (χ2v) is 5.11. The van der Waals surface area contributed by atoms with E-state index in [1.54, 1.807) is 0 Å². The molecule has 0 aromatic heterocycles. The number of hydrogen-bond donors (Lipinski definition) is 2. The molecular weight excluding hydrogens is 284 g/mol. The molecule has 2 aromatic rings. The number of ether oxygens (including phenoxy) is 1. The molecule has 2 aromatic carbocycles. The summed E-state index contributed by atoms with van der Waals surface area (Å²) in [5.74, 6) is 0.914. The van der Waals surface area contributed by atoms with Crippen LogP contribution in [0.15, 0.2) is 48.5 Å². The van der Waals surface area contributed by atoms with Gasteiger partial charge in [-0.2, -0.15) is 0 Å².